The molecule has 1 amide bonds. The van der Waals surface area contributed by atoms with E-state index in [-0.39, 0.29) is 5.41 Å². The molecule has 5 heteroatoms. The van der Waals surface area contributed by atoms with E-state index in [1.54, 1.807) is 6.20 Å². The van der Waals surface area contributed by atoms with Crippen molar-refractivity contribution in [3.63, 3.8) is 0 Å². The highest BCUT2D eigenvalue weighted by Gasteiger charge is 2.48. The SMILES string of the molecule is CCCN1CCCC2(CCN(c3ccc(Cl)cn3)C2)C1=O. The van der Waals surface area contributed by atoms with Crippen molar-refractivity contribution in [3.8, 4) is 0 Å². The number of hydrogen-bond acceptors (Lipinski definition) is 3. The first-order valence-electron chi connectivity index (χ1n) is 7.80. The van der Waals surface area contributed by atoms with Crippen molar-refractivity contribution >= 4 is 23.3 Å². The van der Waals surface area contributed by atoms with Crippen molar-refractivity contribution in [3.05, 3.63) is 23.4 Å². The molecule has 1 spiro atoms. The van der Waals surface area contributed by atoms with Crippen LogP contribution in [0.25, 0.3) is 0 Å². The van der Waals surface area contributed by atoms with E-state index in [2.05, 4.69) is 21.7 Å². The summed E-state index contributed by atoms with van der Waals surface area (Å²) in [6, 6.07) is 3.80. The first-order chi connectivity index (χ1) is 10.1. The first kappa shape index (κ1) is 14.6. The Morgan fingerprint density at radius 2 is 2.19 bits per heavy atom. The van der Waals surface area contributed by atoms with Crippen LogP contribution in [0.1, 0.15) is 32.6 Å². The fourth-order valence-electron chi connectivity index (χ4n) is 3.64. The number of carbonyl (C=O) groups excluding carboxylic acids is 1. The van der Waals surface area contributed by atoms with Gasteiger partial charge in [-0.05, 0) is 37.8 Å². The quantitative estimate of drug-likeness (QED) is 0.861. The average Bonchev–Trinajstić information content (AvgIpc) is 2.90. The van der Waals surface area contributed by atoms with Gasteiger partial charge in [-0.15, -0.1) is 0 Å². The van der Waals surface area contributed by atoms with Crippen LogP contribution in [0.5, 0.6) is 0 Å². The summed E-state index contributed by atoms with van der Waals surface area (Å²) in [5.41, 5.74) is -0.186. The maximum atomic E-state index is 12.8. The second kappa shape index (κ2) is 5.84. The minimum absolute atomic E-state index is 0.186. The molecule has 1 aromatic rings. The van der Waals surface area contributed by atoms with Gasteiger partial charge < -0.3 is 9.80 Å². The lowest BCUT2D eigenvalue weighted by Crippen LogP contribution is -2.50. The Morgan fingerprint density at radius 3 is 2.90 bits per heavy atom. The van der Waals surface area contributed by atoms with Crippen molar-refractivity contribution in [2.24, 2.45) is 5.41 Å². The lowest BCUT2D eigenvalue weighted by Gasteiger charge is -2.39. The van der Waals surface area contributed by atoms with Gasteiger partial charge in [0.05, 0.1) is 10.4 Å². The molecule has 0 aliphatic carbocycles. The van der Waals surface area contributed by atoms with Crippen LogP contribution < -0.4 is 4.90 Å². The number of aromatic nitrogens is 1. The number of pyridine rings is 1. The number of halogens is 1. The molecule has 21 heavy (non-hydrogen) atoms. The standard InChI is InChI=1S/C16H22ClN3O/c1-2-8-19-9-3-6-16(15(19)21)7-10-20(12-16)14-5-4-13(17)11-18-14/h4-5,11H,2-3,6-10,12H2,1H3. The lowest BCUT2D eigenvalue weighted by atomic mass is 9.78. The summed E-state index contributed by atoms with van der Waals surface area (Å²) in [4.78, 5) is 21.5. The van der Waals surface area contributed by atoms with Crippen molar-refractivity contribution in [2.45, 2.75) is 32.6 Å². The number of likely N-dealkylation sites (tertiary alicyclic amines) is 1. The Bertz CT molecular complexity index is 517. The number of hydrogen-bond donors (Lipinski definition) is 0. The van der Waals surface area contributed by atoms with E-state index in [9.17, 15) is 4.79 Å². The zero-order chi connectivity index (χ0) is 14.9. The number of amides is 1. The molecule has 1 unspecified atom stereocenters. The summed E-state index contributed by atoms with van der Waals surface area (Å²) in [6.07, 6.45) is 5.78. The van der Waals surface area contributed by atoms with Gasteiger partial charge in [0.15, 0.2) is 0 Å². The molecular formula is C16H22ClN3O. The molecular weight excluding hydrogens is 286 g/mol. The normalized spacial score (nSPS) is 25.9. The van der Waals surface area contributed by atoms with Crippen LogP contribution in [0.4, 0.5) is 5.82 Å². The molecule has 1 atom stereocenters. The highest BCUT2D eigenvalue weighted by Crippen LogP contribution is 2.41. The number of rotatable bonds is 3. The molecule has 114 valence electrons. The molecule has 3 rings (SSSR count). The Labute approximate surface area is 131 Å². The Hall–Kier alpha value is -1.29. The van der Waals surface area contributed by atoms with Gasteiger partial charge in [-0.1, -0.05) is 18.5 Å². The van der Waals surface area contributed by atoms with Crippen LogP contribution in [0, 0.1) is 5.41 Å². The van der Waals surface area contributed by atoms with Crippen LogP contribution in [0.2, 0.25) is 5.02 Å². The predicted molar refractivity (Wildman–Crippen MR) is 84.6 cm³/mol. The molecule has 0 N–H and O–H groups in total. The van der Waals surface area contributed by atoms with Crippen molar-refractivity contribution in [2.75, 3.05) is 31.1 Å². The van der Waals surface area contributed by atoms with Crippen LogP contribution in [-0.2, 0) is 4.79 Å². The summed E-state index contributed by atoms with van der Waals surface area (Å²) in [5.74, 6) is 1.28. The highest BCUT2D eigenvalue weighted by molar-refractivity contribution is 6.30. The summed E-state index contributed by atoms with van der Waals surface area (Å²) in [7, 11) is 0. The van der Waals surface area contributed by atoms with Gasteiger partial charge in [-0.25, -0.2) is 4.98 Å². The first-order valence-corrected chi connectivity index (χ1v) is 8.18. The molecule has 0 radical (unpaired) electrons. The largest absolute Gasteiger partial charge is 0.356 e. The summed E-state index contributed by atoms with van der Waals surface area (Å²) in [6.45, 7) is 5.64. The van der Waals surface area contributed by atoms with E-state index >= 15 is 0 Å². The number of nitrogens with zero attached hydrogens (tertiary/aromatic N) is 3. The van der Waals surface area contributed by atoms with E-state index in [0.29, 0.717) is 10.9 Å². The topological polar surface area (TPSA) is 36.4 Å². The van der Waals surface area contributed by atoms with Gasteiger partial charge in [0.25, 0.3) is 0 Å². The third kappa shape index (κ3) is 2.73. The van der Waals surface area contributed by atoms with E-state index < -0.39 is 0 Å². The van der Waals surface area contributed by atoms with Gasteiger partial charge in [-0.3, -0.25) is 4.79 Å². The van der Waals surface area contributed by atoms with Gasteiger partial charge in [0.2, 0.25) is 5.91 Å². The molecule has 1 aromatic heterocycles. The van der Waals surface area contributed by atoms with Gasteiger partial charge in [0, 0.05) is 32.4 Å². The van der Waals surface area contributed by atoms with E-state index in [0.717, 1.165) is 57.7 Å². The third-order valence-corrected chi connectivity index (χ3v) is 4.93. The fourth-order valence-corrected chi connectivity index (χ4v) is 3.75. The third-order valence-electron chi connectivity index (χ3n) is 4.71. The zero-order valence-corrected chi connectivity index (χ0v) is 13.3. The van der Waals surface area contributed by atoms with Gasteiger partial charge in [0.1, 0.15) is 5.82 Å². The highest BCUT2D eigenvalue weighted by atomic mass is 35.5. The monoisotopic (exact) mass is 307 g/mol. The summed E-state index contributed by atoms with van der Waals surface area (Å²) >= 11 is 5.90. The molecule has 4 nitrogen and oxygen atoms in total. The molecule has 2 saturated heterocycles. The maximum Gasteiger partial charge on any atom is 0.230 e. The van der Waals surface area contributed by atoms with Crippen molar-refractivity contribution in [1.29, 1.82) is 0 Å². The van der Waals surface area contributed by atoms with Crippen LogP contribution in [0.3, 0.4) is 0 Å². The number of piperidine rings is 1. The maximum absolute atomic E-state index is 12.8. The average molecular weight is 308 g/mol. The Kier molecular flexibility index (Phi) is 4.07. The second-order valence-electron chi connectivity index (χ2n) is 6.18. The molecule has 2 aliphatic heterocycles. The fraction of sp³-hybridized carbons (Fsp3) is 0.625. The summed E-state index contributed by atoms with van der Waals surface area (Å²) in [5, 5.41) is 0.649. The molecule has 2 aliphatic rings. The number of carbonyl (C=O) groups is 1. The minimum atomic E-state index is -0.186. The van der Waals surface area contributed by atoms with E-state index in [1.165, 1.54) is 0 Å². The van der Waals surface area contributed by atoms with Crippen LogP contribution in [0.15, 0.2) is 18.3 Å². The van der Waals surface area contributed by atoms with E-state index in [1.807, 2.05) is 12.1 Å². The molecule has 0 saturated carbocycles. The smallest absolute Gasteiger partial charge is 0.230 e. The van der Waals surface area contributed by atoms with Gasteiger partial charge >= 0.3 is 0 Å². The zero-order valence-electron chi connectivity index (χ0n) is 12.5. The summed E-state index contributed by atoms with van der Waals surface area (Å²) < 4.78 is 0. The molecule has 2 fully saturated rings. The van der Waals surface area contributed by atoms with Crippen LogP contribution >= 0.6 is 11.6 Å². The molecule has 3 heterocycles. The number of anilines is 1. The van der Waals surface area contributed by atoms with E-state index in [4.69, 9.17) is 11.6 Å². The van der Waals surface area contributed by atoms with Crippen molar-refractivity contribution in [1.82, 2.24) is 9.88 Å². The van der Waals surface area contributed by atoms with Crippen LogP contribution in [-0.4, -0.2) is 42.0 Å². The molecule has 0 bridgehead atoms. The second-order valence-corrected chi connectivity index (χ2v) is 6.62. The Balaban J connectivity index is 1.75. The Morgan fingerprint density at radius 1 is 1.33 bits per heavy atom. The minimum Gasteiger partial charge on any atom is -0.356 e. The van der Waals surface area contributed by atoms with Gasteiger partial charge in [-0.2, -0.15) is 0 Å². The molecule has 0 aromatic carbocycles. The predicted octanol–water partition coefficient (Wildman–Crippen LogP) is 2.96. The lowest BCUT2D eigenvalue weighted by molar-refractivity contribution is -0.145. The van der Waals surface area contributed by atoms with Crippen molar-refractivity contribution < 1.29 is 4.79 Å².